The molecular weight excluding hydrogens is 370 g/mol. The lowest BCUT2D eigenvalue weighted by atomic mass is 10.2. The lowest BCUT2D eigenvalue weighted by Gasteiger charge is -2.08. The maximum atomic E-state index is 12.2. The summed E-state index contributed by atoms with van der Waals surface area (Å²) in [5.74, 6) is -0.0335. The fraction of sp³-hybridized carbons (Fsp3) is 0.111. The molecule has 4 rings (SSSR count). The van der Waals surface area contributed by atoms with E-state index in [1.54, 1.807) is 30.3 Å². The number of carbonyl (C=O) groups is 1. The maximum absolute atomic E-state index is 12.2. The van der Waals surface area contributed by atoms with Gasteiger partial charge in [-0.25, -0.2) is 4.79 Å². The molecule has 1 aromatic carbocycles. The van der Waals surface area contributed by atoms with Crippen molar-refractivity contribution in [2.24, 2.45) is 0 Å². The number of aromatic amines is 1. The van der Waals surface area contributed by atoms with Gasteiger partial charge in [0.05, 0.1) is 15.8 Å². The van der Waals surface area contributed by atoms with Crippen LogP contribution >= 0.6 is 11.3 Å². The minimum Gasteiger partial charge on any atom is -0.458 e. The standard InChI is InChI=1S/C18H13N3O5S/c22-16(25-10-11-8-14(26-20-11)15-6-3-7-27-15)9-21-13-5-2-1-4-12(13)17(23)19-18(21)24/h1-8H,9-10H2,(H,19,23,24). The van der Waals surface area contributed by atoms with E-state index in [4.69, 9.17) is 9.26 Å². The van der Waals surface area contributed by atoms with Gasteiger partial charge in [0.25, 0.3) is 5.56 Å². The van der Waals surface area contributed by atoms with Crippen LogP contribution in [0.15, 0.2) is 62.0 Å². The Morgan fingerprint density at radius 2 is 2.07 bits per heavy atom. The van der Waals surface area contributed by atoms with Crippen LogP contribution in [0.2, 0.25) is 0 Å². The average Bonchev–Trinajstić information content (AvgIpc) is 3.35. The molecule has 0 fully saturated rings. The van der Waals surface area contributed by atoms with Gasteiger partial charge in [0, 0.05) is 6.07 Å². The Balaban J connectivity index is 1.48. The summed E-state index contributed by atoms with van der Waals surface area (Å²) in [4.78, 5) is 39.2. The molecule has 3 heterocycles. The number of carbonyl (C=O) groups excluding carboxylic acids is 1. The van der Waals surface area contributed by atoms with Crippen molar-refractivity contribution in [2.45, 2.75) is 13.2 Å². The van der Waals surface area contributed by atoms with Crippen molar-refractivity contribution >= 4 is 28.2 Å². The molecule has 0 amide bonds. The molecule has 0 radical (unpaired) electrons. The summed E-state index contributed by atoms with van der Waals surface area (Å²) in [7, 11) is 0. The highest BCUT2D eigenvalue weighted by Crippen LogP contribution is 2.25. The molecule has 9 heteroatoms. The number of benzene rings is 1. The highest BCUT2D eigenvalue weighted by molar-refractivity contribution is 7.13. The highest BCUT2D eigenvalue weighted by atomic mass is 32.1. The Morgan fingerprint density at radius 3 is 2.89 bits per heavy atom. The van der Waals surface area contributed by atoms with E-state index < -0.39 is 17.2 Å². The molecule has 0 spiro atoms. The third kappa shape index (κ3) is 3.44. The van der Waals surface area contributed by atoms with Crippen LogP contribution in [0.25, 0.3) is 21.5 Å². The van der Waals surface area contributed by atoms with Crippen molar-refractivity contribution < 1.29 is 14.1 Å². The van der Waals surface area contributed by atoms with Crippen LogP contribution in [0, 0.1) is 0 Å². The molecule has 0 saturated heterocycles. The first-order valence-corrected chi connectivity index (χ1v) is 8.87. The van der Waals surface area contributed by atoms with E-state index in [-0.39, 0.29) is 13.2 Å². The number of hydrogen-bond donors (Lipinski definition) is 1. The molecule has 0 bridgehead atoms. The zero-order chi connectivity index (χ0) is 18.8. The van der Waals surface area contributed by atoms with Crippen LogP contribution in [-0.4, -0.2) is 20.7 Å². The number of aromatic nitrogens is 3. The van der Waals surface area contributed by atoms with E-state index in [0.717, 1.165) is 4.88 Å². The van der Waals surface area contributed by atoms with Gasteiger partial charge in [0.2, 0.25) is 0 Å². The van der Waals surface area contributed by atoms with Crippen LogP contribution < -0.4 is 11.2 Å². The van der Waals surface area contributed by atoms with Crippen molar-refractivity contribution in [1.29, 1.82) is 0 Å². The lowest BCUT2D eigenvalue weighted by Crippen LogP contribution is -2.32. The molecule has 0 aliphatic heterocycles. The number of esters is 1. The van der Waals surface area contributed by atoms with Gasteiger partial charge in [0.15, 0.2) is 5.76 Å². The smallest absolute Gasteiger partial charge is 0.329 e. The second-order valence-electron chi connectivity index (χ2n) is 5.68. The summed E-state index contributed by atoms with van der Waals surface area (Å²) in [5.41, 5.74) is -0.337. The molecule has 27 heavy (non-hydrogen) atoms. The van der Waals surface area contributed by atoms with Gasteiger partial charge in [0.1, 0.15) is 18.8 Å². The summed E-state index contributed by atoms with van der Waals surface area (Å²) in [6.45, 7) is -0.407. The number of hydrogen-bond acceptors (Lipinski definition) is 7. The first-order chi connectivity index (χ1) is 13.1. The first-order valence-electron chi connectivity index (χ1n) is 7.99. The molecule has 3 aromatic heterocycles. The summed E-state index contributed by atoms with van der Waals surface area (Å²) in [5, 5.41) is 6.11. The molecule has 1 N–H and O–H groups in total. The second kappa shape index (κ2) is 7.04. The molecule has 0 aliphatic carbocycles. The third-order valence-electron chi connectivity index (χ3n) is 3.90. The number of ether oxygens (including phenoxy) is 1. The fourth-order valence-electron chi connectivity index (χ4n) is 2.64. The molecule has 8 nitrogen and oxygen atoms in total. The zero-order valence-corrected chi connectivity index (χ0v) is 14.7. The van der Waals surface area contributed by atoms with Crippen molar-refractivity contribution in [2.75, 3.05) is 0 Å². The number of nitrogens with zero attached hydrogens (tertiary/aromatic N) is 2. The van der Waals surface area contributed by atoms with Crippen LogP contribution in [-0.2, 0) is 22.7 Å². The number of fused-ring (bicyclic) bond motifs is 1. The number of nitrogens with one attached hydrogen (secondary N) is 1. The minimum atomic E-state index is -0.669. The second-order valence-corrected chi connectivity index (χ2v) is 6.63. The summed E-state index contributed by atoms with van der Waals surface area (Å²) in [6.07, 6.45) is 0. The molecule has 4 aromatic rings. The van der Waals surface area contributed by atoms with Crippen molar-refractivity contribution in [1.82, 2.24) is 14.7 Å². The monoisotopic (exact) mass is 383 g/mol. The quantitative estimate of drug-likeness (QED) is 0.529. The van der Waals surface area contributed by atoms with Crippen LogP contribution in [0.1, 0.15) is 5.69 Å². The van der Waals surface area contributed by atoms with Crippen LogP contribution in [0.3, 0.4) is 0 Å². The van der Waals surface area contributed by atoms with E-state index in [0.29, 0.717) is 22.4 Å². The number of para-hydroxylation sites is 1. The van der Waals surface area contributed by atoms with Crippen molar-refractivity contribution in [3.63, 3.8) is 0 Å². The van der Waals surface area contributed by atoms with Gasteiger partial charge in [-0.05, 0) is 23.6 Å². The van der Waals surface area contributed by atoms with E-state index in [9.17, 15) is 14.4 Å². The Hall–Kier alpha value is -3.46. The average molecular weight is 383 g/mol. The Labute approximate surface area is 155 Å². The predicted molar refractivity (Wildman–Crippen MR) is 98.4 cm³/mol. The molecule has 0 atom stereocenters. The van der Waals surface area contributed by atoms with E-state index in [1.165, 1.54) is 15.9 Å². The molecule has 0 unspecified atom stereocenters. The highest BCUT2D eigenvalue weighted by Gasteiger charge is 2.13. The number of thiophene rings is 1. The Morgan fingerprint density at radius 1 is 1.22 bits per heavy atom. The van der Waals surface area contributed by atoms with E-state index >= 15 is 0 Å². The van der Waals surface area contributed by atoms with Crippen molar-refractivity contribution in [3.05, 3.63) is 74.4 Å². The van der Waals surface area contributed by atoms with Gasteiger partial charge in [-0.1, -0.05) is 23.4 Å². The molecule has 136 valence electrons. The molecule has 0 aliphatic rings. The SMILES string of the molecule is O=C(Cn1c(=O)[nH]c(=O)c2ccccc21)OCc1cc(-c2cccs2)on1. The van der Waals surface area contributed by atoms with Gasteiger partial charge in [-0.3, -0.25) is 19.1 Å². The lowest BCUT2D eigenvalue weighted by molar-refractivity contribution is -0.145. The van der Waals surface area contributed by atoms with Crippen LogP contribution in [0.5, 0.6) is 0 Å². The topological polar surface area (TPSA) is 107 Å². The third-order valence-corrected chi connectivity index (χ3v) is 4.78. The molecule has 0 saturated carbocycles. The van der Waals surface area contributed by atoms with Crippen LogP contribution in [0.4, 0.5) is 0 Å². The molecular formula is C18H13N3O5S. The summed E-state index contributed by atoms with van der Waals surface area (Å²) < 4.78 is 11.6. The largest absolute Gasteiger partial charge is 0.458 e. The normalized spacial score (nSPS) is 11.0. The van der Waals surface area contributed by atoms with E-state index in [2.05, 4.69) is 10.1 Å². The fourth-order valence-corrected chi connectivity index (χ4v) is 3.32. The summed E-state index contributed by atoms with van der Waals surface area (Å²) >= 11 is 1.51. The number of H-pyrrole nitrogens is 1. The minimum absolute atomic E-state index is 0.0796. The zero-order valence-electron chi connectivity index (χ0n) is 13.9. The maximum Gasteiger partial charge on any atom is 0.329 e. The Bertz CT molecular complexity index is 1220. The van der Waals surface area contributed by atoms with Gasteiger partial charge >= 0.3 is 11.7 Å². The Kier molecular flexibility index (Phi) is 4.43. The first kappa shape index (κ1) is 17.0. The summed E-state index contributed by atoms with van der Waals surface area (Å²) in [6, 6.07) is 12.0. The van der Waals surface area contributed by atoms with Crippen molar-refractivity contribution in [3.8, 4) is 10.6 Å². The van der Waals surface area contributed by atoms with Gasteiger partial charge in [-0.15, -0.1) is 11.3 Å². The van der Waals surface area contributed by atoms with Gasteiger partial charge in [-0.2, -0.15) is 0 Å². The van der Waals surface area contributed by atoms with Gasteiger partial charge < -0.3 is 9.26 Å². The predicted octanol–water partition coefficient (Wildman–Crippen LogP) is 2.15. The van der Waals surface area contributed by atoms with E-state index in [1.807, 2.05) is 17.5 Å². The number of rotatable bonds is 5.